The first-order valence-electron chi connectivity index (χ1n) is 5.13. The van der Waals surface area contributed by atoms with Gasteiger partial charge in [-0.2, -0.15) is 0 Å². The van der Waals surface area contributed by atoms with E-state index in [9.17, 15) is 9.59 Å². The van der Waals surface area contributed by atoms with Gasteiger partial charge in [-0.05, 0) is 30.4 Å². The fraction of sp³-hybridized carbons (Fsp3) is 0.182. The van der Waals surface area contributed by atoms with E-state index in [0.29, 0.717) is 16.8 Å². The second-order valence-corrected chi connectivity index (χ2v) is 3.89. The van der Waals surface area contributed by atoms with Crippen LogP contribution < -0.4 is 21.7 Å². The number of hydrogen-bond donors (Lipinski definition) is 4. The first-order valence-corrected chi connectivity index (χ1v) is 5.54. The number of carbonyl (C=O) groups excluding carboxylic acids is 2. The molecule has 0 saturated carbocycles. The highest BCUT2D eigenvalue weighted by molar-refractivity contribution is 7.80. The van der Waals surface area contributed by atoms with E-state index in [1.807, 2.05) is 0 Å². The molecule has 5 N–H and O–H groups in total. The highest BCUT2D eigenvalue weighted by Crippen LogP contribution is 2.15. The molecule has 0 fully saturated rings. The van der Waals surface area contributed by atoms with Crippen LogP contribution in [0.2, 0.25) is 0 Å². The lowest BCUT2D eigenvalue weighted by Crippen LogP contribution is -2.23. The third-order valence-electron chi connectivity index (χ3n) is 2.18. The highest BCUT2D eigenvalue weighted by Gasteiger charge is 2.11. The number of rotatable bonds is 3. The first-order chi connectivity index (χ1) is 8.47. The molecule has 2 amide bonds. The zero-order valence-corrected chi connectivity index (χ0v) is 10.9. The molecule has 0 radical (unpaired) electrons. The number of nitrogens with two attached hydrogens (primary N) is 1. The Balaban J connectivity index is 3.23. The number of carbonyl (C=O) groups is 2. The summed E-state index contributed by atoms with van der Waals surface area (Å²) in [6.07, 6.45) is 0. The van der Waals surface area contributed by atoms with Crippen molar-refractivity contribution in [3.8, 4) is 0 Å². The predicted octanol–water partition coefficient (Wildman–Crippen LogP) is 0.0613. The van der Waals surface area contributed by atoms with Crippen molar-refractivity contribution in [3.05, 3.63) is 29.3 Å². The zero-order valence-electron chi connectivity index (χ0n) is 10.0. The number of thiocarbonyl (C=S) groups is 1. The summed E-state index contributed by atoms with van der Waals surface area (Å²) >= 11 is 4.72. The van der Waals surface area contributed by atoms with Gasteiger partial charge in [-0.15, -0.1) is 0 Å². The Labute approximate surface area is 110 Å². The third-order valence-corrected chi connectivity index (χ3v) is 2.28. The summed E-state index contributed by atoms with van der Waals surface area (Å²) in [7, 11) is 3.02. The van der Waals surface area contributed by atoms with Crippen molar-refractivity contribution >= 4 is 34.8 Å². The van der Waals surface area contributed by atoms with E-state index < -0.39 is 0 Å². The zero-order chi connectivity index (χ0) is 13.7. The summed E-state index contributed by atoms with van der Waals surface area (Å²) in [5.74, 6) is -0.599. The molecule has 1 rings (SSSR count). The van der Waals surface area contributed by atoms with Gasteiger partial charge in [0.25, 0.3) is 11.8 Å². The van der Waals surface area contributed by atoms with Crippen LogP contribution in [0.5, 0.6) is 0 Å². The molecule has 0 bridgehead atoms. The van der Waals surface area contributed by atoms with Crippen molar-refractivity contribution in [1.29, 1.82) is 0 Å². The molecule has 0 aliphatic carbocycles. The van der Waals surface area contributed by atoms with Gasteiger partial charge in [0.1, 0.15) is 0 Å². The second-order valence-electron chi connectivity index (χ2n) is 3.45. The number of benzene rings is 1. The van der Waals surface area contributed by atoms with Crippen LogP contribution in [0.4, 0.5) is 5.69 Å². The quantitative estimate of drug-likeness (QED) is 0.580. The van der Waals surface area contributed by atoms with Gasteiger partial charge in [-0.25, -0.2) is 0 Å². The van der Waals surface area contributed by atoms with Gasteiger partial charge < -0.3 is 21.7 Å². The monoisotopic (exact) mass is 266 g/mol. The van der Waals surface area contributed by atoms with Crippen LogP contribution >= 0.6 is 12.2 Å². The molecule has 0 saturated heterocycles. The molecule has 0 aliphatic rings. The molecule has 6 nitrogen and oxygen atoms in total. The smallest absolute Gasteiger partial charge is 0.251 e. The molecular formula is C11H14N4O2S. The van der Waals surface area contributed by atoms with E-state index in [4.69, 9.17) is 18.0 Å². The van der Waals surface area contributed by atoms with Crippen LogP contribution in [0.25, 0.3) is 0 Å². The molecule has 0 atom stereocenters. The van der Waals surface area contributed by atoms with Gasteiger partial charge in [0.15, 0.2) is 5.11 Å². The number of anilines is 1. The SMILES string of the molecule is CNC(=O)c1cc(NC(N)=S)cc(C(=O)NC)c1. The highest BCUT2D eigenvalue weighted by atomic mass is 32.1. The van der Waals surface area contributed by atoms with Crippen LogP contribution in [-0.4, -0.2) is 31.0 Å². The number of nitrogens with one attached hydrogen (secondary N) is 3. The normalized spacial score (nSPS) is 9.44. The van der Waals surface area contributed by atoms with Crippen LogP contribution in [0, 0.1) is 0 Å². The van der Waals surface area contributed by atoms with Crippen LogP contribution in [-0.2, 0) is 0 Å². The van der Waals surface area contributed by atoms with Crippen LogP contribution in [0.1, 0.15) is 20.7 Å². The van der Waals surface area contributed by atoms with E-state index >= 15 is 0 Å². The summed E-state index contributed by atoms with van der Waals surface area (Å²) in [5, 5.41) is 7.72. The average molecular weight is 266 g/mol. The fourth-order valence-electron chi connectivity index (χ4n) is 1.39. The largest absolute Gasteiger partial charge is 0.376 e. The Kier molecular flexibility index (Phi) is 4.61. The molecule has 0 unspecified atom stereocenters. The van der Waals surface area contributed by atoms with Crippen molar-refractivity contribution in [2.45, 2.75) is 0 Å². The molecule has 0 spiro atoms. The van der Waals surface area contributed by atoms with Gasteiger partial charge in [-0.3, -0.25) is 9.59 Å². The van der Waals surface area contributed by atoms with E-state index in [-0.39, 0.29) is 16.9 Å². The molecule has 1 aromatic rings. The fourth-order valence-corrected chi connectivity index (χ4v) is 1.51. The Morgan fingerprint density at radius 3 is 1.83 bits per heavy atom. The minimum absolute atomic E-state index is 0.0620. The van der Waals surface area contributed by atoms with Gasteiger partial charge in [-0.1, -0.05) is 0 Å². The average Bonchev–Trinajstić information content (AvgIpc) is 2.35. The molecule has 0 heterocycles. The summed E-state index contributed by atoms with van der Waals surface area (Å²) < 4.78 is 0. The van der Waals surface area contributed by atoms with Crippen LogP contribution in [0.3, 0.4) is 0 Å². The maximum Gasteiger partial charge on any atom is 0.251 e. The van der Waals surface area contributed by atoms with Crippen molar-refractivity contribution in [3.63, 3.8) is 0 Å². The molecular weight excluding hydrogens is 252 g/mol. The van der Waals surface area contributed by atoms with Crippen molar-refractivity contribution in [2.24, 2.45) is 5.73 Å². The molecule has 7 heteroatoms. The maximum atomic E-state index is 11.6. The molecule has 96 valence electrons. The van der Waals surface area contributed by atoms with Crippen molar-refractivity contribution in [1.82, 2.24) is 10.6 Å². The van der Waals surface area contributed by atoms with Gasteiger partial charge in [0, 0.05) is 30.9 Å². The Bertz CT molecular complexity index is 468. The third kappa shape index (κ3) is 3.42. The topological polar surface area (TPSA) is 96.2 Å². The predicted molar refractivity (Wildman–Crippen MR) is 73.6 cm³/mol. The summed E-state index contributed by atoms with van der Waals surface area (Å²) in [6, 6.07) is 4.61. The summed E-state index contributed by atoms with van der Waals surface area (Å²) in [4.78, 5) is 23.2. The van der Waals surface area contributed by atoms with E-state index in [1.165, 1.54) is 20.2 Å². The van der Waals surface area contributed by atoms with Crippen LogP contribution in [0.15, 0.2) is 18.2 Å². The lowest BCUT2D eigenvalue weighted by molar-refractivity contribution is 0.0962. The molecule has 18 heavy (non-hydrogen) atoms. The molecule has 0 aromatic heterocycles. The second kappa shape index (κ2) is 5.97. The Morgan fingerprint density at radius 2 is 1.50 bits per heavy atom. The number of amides is 2. The van der Waals surface area contributed by atoms with E-state index in [1.54, 1.807) is 12.1 Å². The summed E-state index contributed by atoms with van der Waals surface area (Å²) in [6.45, 7) is 0. The first kappa shape index (κ1) is 13.9. The van der Waals surface area contributed by atoms with Gasteiger partial charge in [0.05, 0.1) is 0 Å². The minimum atomic E-state index is -0.299. The van der Waals surface area contributed by atoms with E-state index in [0.717, 1.165) is 0 Å². The minimum Gasteiger partial charge on any atom is -0.376 e. The van der Waals surface area contributed by atoms with Crippen molar-refractivity contribution in [2.75, 3.05) is 19.4 Å². The Hall–Kier alpha value is -2.15. The van der Waals surface area contributed by atoms with Crippen molar-refractivity contribution < 1.29 is 9.59 Å². The number of hydrogen-bond acceptors (Lipinski definition) is 3. The molecule has 0 aliphatic heterocycles. The lowest BCUT2D eigenvalue weighted by Gasteiger charge is -2.09. The Morgan fingerprint density at radius 1 is 1.06 bits per heavy atom. The molecule has 1 aromatic carbocycles. The lowest BCUT2D eigenvalue weighted by atomic mass is 10.1. The summed E-state index contributed by atoms with van der Waals surface area (Å²) in [5.41, 5.74) is 6.54. The standard InChI is InChI=1S/C11H14N4O2S/c1-13-9(16)6-3-7(10(17)14-2)5-8(4-6)15-11(12)18/h3-5H,1-2H3,(H,13,16)(H,14,17)(H3,12,15,18). The van der Waals surface area contributed by atoms with E-state index in [2.05, 4.69) is 16.0 Å². The van der Waals surface area contributed by atoms with Gasteiger partial charge >= 0.3 is 0 Å². The van der Waals surface area contributed by atoms with Gasteiger partial charge in [0.2, 0.25) is 0 Å². The maximum absolute atomic E-state index is 11.6.